The van der Waals surface area contributed by atoms with Crippen molar-refractivity contribution in [3.63, 3.8) is 0 Å². The second kappa shape index (κ2) is 14.8. The summed E-state index contributed by atoms with van der Waals surface area (Å²) in [5.41, 5.74) is -2.47. The number of hydrogen-bond acceptors (Lipinski definition) is 9. The van der Waals surface area contributed by atoms with E-state index in [1.54, 1.807) is 14.0 Å². The third-order valence-electron chi connectivity index (χ3n) is 15.1. The zero-order chi connectivity index (χ0) is 37.5. The first-order chi connectivity index (χ1) is 23.9. The summed E-state index contributed by atoms with van der Waals surface area (Å²) in [4.78, 5) is 53.3. The minimum absolute atomic E-state index is 0.000378. The summed E-state index contributed by atoms with van der Waals surface area (Å²) in [5, 5.41) is 21.0. The number of carbonyl (C=O) groups excluding carboxylic acids is 2. The summed E-state index contributed by atoms with van der Waals surface area (Å²) < 4.78 is 27.3. The van der Waals surface area contributed by atoms with E-state index in [9.17, 15) is 29.4 Å². The Morgan fingerprint density at radius 2 is 1.37 bits per heavy atom. The molecule has 11 nitrogen and oxygen atoms in total. The highest BCUT2D eigenvalue weighted by molar-refractivity contribution is 5.96. The molecule has 0 heterocycles. The van der Waals surface area contributed by atoms with Gasteiger partial charge in [0, 0.05) is 13.0 Å². The normalized spacial score (nSPS) is 41.7. The van der Waals surface area contributed by atoms with Crippen LogP contribution in [0.15, 0.2) is 11.6 Å². The Bertz CT molecular complexity index is 1380. The fourth-order valence-corrected chi connectivity index (χ4v) is 11.6. The van der Waals surface area contributed by atoms with E-state index in [0.717, 1.165) is 24.8 Å². The van der Waals surface area contributed by atoms with Crippen molar-refractivity contribution >= 4 is 23.7 Å². The van der Waals surface area contributed by atoms with E-state index in [-0.39, 0.29) is 47.4 Å². The van der Waals surface area contributed by atoms with Crippen LogP contribution in [0, 0.1) is 50.2 Å². The number of rotatable bonds is 15. The van der Waals surface area contributed by atoms with Crippen LogP contribution < -0.4 is 0 Å². The minimum atomic E-state index is -1.37. The molecule has 0 aliphatic heterocycles. The third-order valence-corrected chi connectivity index (χ3v) is 15.1. The minimum Gasteiger partial charge on any atom is -0.481 e. The molecular weight excluding hydrogens is 656 g/mol. The zero-order valence-electron chi connectivity index (χ0n) is 32.0. The lowest BCUT2D eigenvalue weighted by Gasteiger charge is -2.70. The Morgan fingerprint density at radius 1 is 0.765 bits per heavy atom. The van der Waals surface area contributed by atoms with Crippen molar-refractivity contribution in [3.05, 3.63) is 11.6 Å². The van der Waals surface area contributed by atoms with Gasteiger partial charge in [-0.25, -0.2) is 0 Å². The molecular formula is C40H62O11. The van der Waals surface area contributed by atoms with Gasteiger partial charge in [0.2, 0.25) is 0 Å². The number of ether oxygens (including phenoxy) is 5. The van der Waals surface area contributed by atoms with E-state index in [4.69, 9.17) is 23.7 Å². The summed E-state index contributed by atoms with van der Waals surface area (Å²) in [7, 11) is 1.61. The van der Waals surface area contributed by atoms with Crippen LogP contribution in [0.3, 0.4) is 0 Å². The molecule has 5 aliphatic carbocycles. The monoisotopic (exact) mass is 718 g/mol. The van der Waals surface area contributed by atoms with Crippen LogP contribution in [-0.4, -0.2) is 93.4 Å². The van der Waals surface area contributed by atoms with Crippen LogP contribution in [0.4, 0.5) is 0 Å². The van der Waals surface area contributed by atoms with Crippen molar-refractivity contribution in [2.45, 2.75) is 112 Å². The van der Waals surface area contributed by atoms with Crippen LogP contribution in [0.5, 0.6) is 0 Å². The number of hydrogen-bond donors (Lipinski definition) is 2. The van der Waals surface area contributed by atoms with E-state index in [1.165, 1.54) is 0 Å². The molecule has 5 aliphatic rings. The SMILES string of the molecule is COCCOCCOCCOCCC(=O)O[C@H]1CC[C@@]2(C)[C@@H](CC[C@]3(C)[C@@H]2C(=O)C=C2[C@@H]4C[C@@](C)(C(=O)O)CC[C@]4(C)CC[C@]23C)[C@]1(C)C(=O)O. The van der Waals surface area contributed by atoms with Gasteiger partial charge in [0.25, 0.3) is 0 Å². The Hall–Kier alpha value is -2.34. The van der Waals surface area contributed by atoms with E-state index in [1.807, 2.05) is 13.0 Å². The molecule has 0 radical (unpaired) electrons. The number of carboxylic acid groups (broad SMARTS) is 2. The van der Waals surface area contributed by atoms with Crippen LogP contribution >= 0.6 is 0 Å². The van der Waals surface area contributed by atoms with Gasteiger partial charge in [0.15, 0.2) is 5.78 Å². The predicted octanol–water partition coefficient (Wildman–Crippen LogP) is 6.11. The van der Waals surface area contributed by atoms with E-state index in [2.05, 4.69) is 27.7 Å². The molecule has 0 spiro atoms. The number of fused-ring (bicyclic) bond motifs is 7. The largest absolute Gasteiger partial charge is 0.481 e. The van der Waals surface area contributed by atoms with Gasteiger partial charge in [-0.3, -0.25) is 19.2 Å². The topological polar surface area (TPSA) is 155 Å². The molecule has 5 rings (SSSR count). The molecule has 10 atom stereocenters. The lowest BCUT2D eigenvalue weighted by Crippen LogP contribution is -2.68. The van der Waals surface area contributed by atoms with E-state index >= 15 is 0 Å². The number of ketones is 1. The quantitative estimate of drug-likeness (QED) is 0.149. The van der Waals surface area contributed by atoms with Crippen LogP contribution in [0.2, 0.25) is 0 Å². The van der Waals surface area contributed by atoms with Crippen molar-refractivity contribution < 1.29 is 53.1 Å². The molecule has 0 bridgehead atoms. The summed E-state index contributed by atoms with van der Waals surface area (Å²) in [6.45, 7) is 15.2. The second-order valence-corrected chi connectivity index (χ2v) is 17.7. The fraction of sp³-hybridized carbons (Fsp3) is 0.850. The average molecular weight is 719 g/mol. The Balaban J connectivity index is 1.28. The molecule has 11 heteroatoms. The van der Waals surface area contributed by atoms with Crippen molar-refractivity contribution in [2.75, 3.05) is 53.4 Å². The highest BCUT2D eigenvalue weighted by atomic mass is 16.6. The number of carboxylic acids is 2. The first-order valence-electron chi connectivity index (χ1n) is 19.1. The van der Waals surface area contributed by atoms with Gasteiger partial charge in [-0.05, 0) is 111 Å². The van der Waals surface area contributed by atoms with E-state index in [0.29, 0.717) is 78.2 Å². The van der Waals surface area contributed by atoms with Gasteiger partial charge in [-0.2, -0.15) is 0 Å². The summed E-state index contributed by atoms with van der Waals surface area (Å²) in [5.74, 6) is -2.97. The second-order valence-electron chi connectivity index (χ2n) is 17.7. The predicted molar refractivity (Wildman–Crippen MR) is 188 cm³/mol. The molecule has 2 N–H and O–H groups in total. The highest BCUT2D eigenvalue weighted by Crippen LogP contribution is 2.75. The smallest absolute Gasteiger partial charge is 0.313 e. The standard InChI is InChI=1S/C40H62O11/c1-35-13-14-36(2,33(43)44)25-27(35)26-24-28(41)32-37(3)11-9-30(51-31(42)10-17-48-20-21-50-23-22-49-19-18-47-7)40(6,34(45)46)29(37)8-12-39(32,5)38(26,4)16-15-35/h24,27,29-30,32H,8-23,25H2,1-7H3,(H,43,44)(H,45,46)/t27-,29+,30-,32+,35+,36-,37-,38+,39+,40-/m0/s1. The maximum absolute atomic E-state index is 14.6. The van der Waals surface area contributed by atoms with Crippen LogP contribution in [-0.2, 0) is 42.9 Å². The molecule has 4 fully saturated rings. The van der Waals surface area contributed by atoms with Crippen molar-refractivity contribution in [1.29, 1.82) is 0 Å². The Labute approximate surface area is 303 Å². The van der Waals surface area contributed by atoms with Crippen LogP contribution in [0.1, 0.15) is 106 Å². The number of aliphatic carboxylic acids is 2. The van der Waals surface area contributed by atoms with Gasteiger partial charge in [-0.15, -0.1) is 0 Å². The lowest BCUT2D eigenvalue weighted by atomic mass is 9.33. The number of allylic oxidation sites excluding steroid dienone is 2. The van der Waals surface area contributed by atoms with Crippen molar-refractivity contribution in [2.24, 2.45) is 50.2 Å². The summed E-state index contributed by atoms with van der Waals surface area (Å²) >= 11 is 0. The number of carbonyl (C=O) groups is 4. The lowest BCUT2D eigenvalue weighted by molar-refractivity contribution is -0.221. The van der Waals surface area contributed by atoms with E-state index < -0.39 is 45.7 Å². The van der Waals surface area contributed by atoms with Gasteiger partial charge in [0.1, 0.15) is 11.5 Å². The Morgan fingerprint density at radius 3 is 1.98 bits per heavy atom. The first-order valence-corrected chi connectivity index (χ1v) is 19.1. The van der Waals surface area contributed by atoms with Gasteiger partial charge < -0.3 is 33.9 Å². The molecule has 0 saturated heterocycles. The summed E-state index contributed by atoms with van der Waals surface area (Å²) in [6.07, 6.45) is 7.16. The molecule has 0 aromatic heterocycles. The maximum atomic E-state index is 14.6. The fourth-order valence-electron chi connectivity index (χ4n) is 11.6. The number of methoxy groups -OCH3 is 1. The highest BCUT2D eigenvalue weighted by Gasteiger charge is 2.72. The van der Waals surface area contributed by atoms with Gasteiger partial charge >= 0.3 is 17.9 Å². The Kier molecular flexibility index (Phi) is 11.6. The average Bonchev–Trinajstić information content (AvgIpc) is 3.06. The number of esters is 1. The van der Waals surface area contributed by atoms with Crippen molar-refractivity contribution in [1.82, 2.24) is 0 Å². The third kappa shape index (κ3) is 6.82. The van der Waals surface area contributed by atoms with Gasteiger partial charge in [0.05, 0.1) is 58.1 Å². The van der Waals surface area contributed by atoms with Gasteiger partial charge in [-0.1, -0.05) is 33.3 Å². The van der Waals surface area contributed by atoms with Crippen LogP contribution in [0.25, 0.3) is 0 Å². The first kappa shape index (κ1) is 39.9. The zero-order valence-corrected chi connectivity index (χ0v) is 32.0. The molecule has 51 heavy (non-hydrogen) atoms. The molecule has 0 amide bonds. The molecule has 0 aromatic carbocycles. The molecule has 4 saturated carbocycles. The molecule has 288 valence electrons. The molecule has 0 unspecified atom stereocenters. The summed E-state index contributed by atoms with van der Waals surface area (Å²) in [6, 6.07) is 0. The van der Waals surface area contributed by atoms with Crippen molar-refractivity contribution in [3.8, 4) is 0 Å². The maximum Gasteiger partial charge on any atom is 0.313 e. The molecule has 0 aromatic rings.